The minimum Gasteiger partial charge on any atom is -0.388 e. The van der Waals surface area contributed by atoms with E-state index >= 15 is 0 Å². The number of fused-ring (bicyclic) bond motifs is 1. The first-order chi connectivity index (χ1) is 12.4. The molecule has 2 N–H and O–H groups in total. The highest BCUT2D eigenvalue weighted by molar-refractivity contribution is 6.07. The van der Waals surface area contributed by atoms with Crippen molar-refractivity contribution in [3.8, 4) is 0 Å². The fourth-order valence-corrected chi connectivity index (χ4v) is 3.67. The Morgan fingerprint density at radius 3 is 2.58 bits per heavy atom. The van der Waals surface area contributed by atoms with Crippen LogP contribution in [0.5, 0.6) is 0 Å². The molecular formula is C19H22F2N2O3. The number of ether oxygens (including phenoxy) is 1. The van der Waals surface area contributed by atoms with Crippen LogP contribution in [0.3, 0.4) is 0 Å². The molecule has 2 fully saturated rings. The van der Waals surface area contributed by atoms with E-state index in [1.165, 1.54) is 0 Å². The molecule has 1 saturated carbocycles. The second kappa shape index (κ2) is 6.32. The van der Waals surface area contributed by atoms with Gasteiger partial charge in [-0.05, 0) is 18.9 Å². The van der Waals surface area contributed by atoms with Gasteiger partial charge in [0.05, 0.1) is 30.4 Å². The summed E-state index contributed by atoms with van der Waals surface area (Å²) in [5, 5.41) is 14.1. The number of carbonyl (C=O) groups is 1. The summed E-state index contributed by atoms with van der Waals surface area (Å²) >= 11 is 0. The number of nitrogens with one attached hydrogen (secondary N) is 1. The number of para-hydroxylation sites is 1. The highest BCUT2D eigenvalue weighted by Gasteiger charge is 2.42. The molecule has 1 amide bonds. The fourth-order valence-electron chi connectivity index (χ4n) is 3.67. The zero-order valence-electron chi connectivity index (χ0n) is 14.4. The van der Waals surface area contributed by atoms with E-state index in [4.69, 9.17) is 4.74 Å². The molecule has 0 spiro atoms. The Labute approximate surface area is 149 Å². The van der Waals surface area contributed by atoms with Crippen molar-refractivity contribution in [3.63, 3.8) is 0 Å². The highest BCUT2D eigenvalue weighted by Crippen LogP contribution is 2.38. The molecule has 7 heteroatoms. The molecule has 2 heterocycles. The quantitative estimate of drug-likeness (QED) is 0.877. The van der Waals surface area contributed by atoms with Crippen molar-refractivity contribution in [1.29, 1.82) is 0 Å². The van der Waals surface area contributed by atoms with E-state index in [2.05, 4.69) is 5.32 Å². The van der Waals surface area contributed by atoms with Crippen LogP contribution in [-0.4, -0.2) is 46.9 Å². The van der Waals surface area contributed by atoms with Crippen LogP contribution in [-0.2, 0) is 4.74 Å². The third-order valence-electron chi connectivity index (χ3n) is 5.49. The maximum absolute atomic E-state index is 13.3. The summed E-state index contributed by atoms with van der Waals surface area (Å²) in [4.78, 5) is 12.7. The molecule has 0 radical (unpaired) electrons. The van der Waals surface area contributed by atoms with Crippen molar-refractivity contribution in [2.75, 3.05) is 19.8 Å². The van der Waals surface area contributed by atoms with Gasteiger partial charge in [0.15, 0.2) is 0 Å². The van der Waals surface area contributed by atoms with Gasteiger partial charge in [-0.2, -0.15) is 0 Å². The van der Waals surface area contributed by atoms with E-state index in [0.717, 1.165) is 10.9 Å². The SMILES string of the molecule is O=C(NCC1(O)CCC(F)(F)CC1)c1cn(C2COC2)c2ccccc12. The number of aromatic nitrogens is 1. The molecule has 0 bridgehead atoms. The molecule has 1 aliphatic heterocycles. The zero-order valence-corrected chi connectivity index (χ0v) is 14.4. The van der Waals surface area contributed by atoms with Crippen molar-refractivity contribution < 1.29 is 23.4 Å². The molecule has 2 aromatic rings. The standard InChI is InChI=1S/C19H22F2N2O3/c20-19(21)7-5-18(25,6-8-19)12-22-17(24)15-9-23(13-10-26-11-13)16-4-2-1-3-14(15)16/h1-4,9,13,25H,5-8,10-12H2,(H,22,24). The Morgan fingerprint density at radius 1 is 1.23 bits per heavy atom. The molecule has 1 aliphatic carbocycles. The van der Waals surface area contributed by atoms with Gasteiger partial charge in [0.2, 0.25) is 5.92 Å². The predicted octanol–water partition coefficient (Wildman–Crippen LogP) is 2.88. The van der Waals surface area contributed by atoms with Gasteiger partial charge in [-0.25, -0.2) is 8.78 Å². The Morgan fingerprint density at radius 2 is 1.92 bits per heavy atom. The topological polar surface area (TPSA) is 63.5 Å². The largest absolute Gasteiger partial charge is 0.388 e. The number of nitrogens with zero attached hydrogens (tertiary/aromatic N) is 1. The monoisotopic (exact) mass is 364 g/mol. The average Bonchev–Trinajstić information content (AvgIpc) is 2.94. The Bertz CT molecular complexity index is 819. The fraction of sp³-hybridized carbons (Fsp3) is 0.526. The molecule has 4 rings (SSSR count). The summed E-state index contributed by atoms with van der Waals surface area (Å²) < 4.78 is 33.9. The maximum Gasteiger partial charge on any atom is 0.253 e. The molecule has 140 valence electrons. The van der Waals surface area contributed by atoms with Crippen LogP contribution in [0.4, 0.5) is 8.78 Å². The second-order valence-electron chi connectivity index (χ2n) is 7.42. The smallest absolute Gasteiger partial charge is 0.253 e. The van der Waals surface area contributed by atoms with Crippen LogP contribution >= 0.6 is 0 Å². The van der Waals surface area contributed by atoms with Crippen molar-refractivity contribution in [2.24, 2.45) is 0 Å². The van der Waals surface area contributed by atoms with Gasteiger partial charge in [-0.1, -0.05) is 18.2 Å². The summed E-state index contributed by atoms with van der Waals surface area (Å²) in [5.41, 5.74) is 0.219. The van der Waals surface area contributed by atoms with E-state index in [1.807, 2.05) is 35.0 Å². The summed E-state index contributed by atoms with van der Waals surface area (Å²) in [5.74, 6) is -3.01. The van der Waals surface area contributed by atoms with E-state index < -0.39 is 11.5 Å². The van der Waals surface area contributed by atoms with E-state index in [-0.39, 0.29) is 44.2 Å². The number of halogens is 2. The number of hydrogen-bond donors (Lipinski definition) is 2. The van der Waals surface area contributed by atoms with Crippen LogP contribution in [0.25, 0.3) is 10.9 Å². The van der Waals surface area contributed by atoms with E-state index in [0.29, 0.717) is 18.8 Å². The highest BCUT2D eigenvalue weighted by atomic mass is 19.3. The minimum absolute atomic E-state index is 0.0124. The minimum atomic E-state index is -2.71. The van der Waals surface area contributed by atoms with E-state index in [9.17, 15) is 18.7 Å². The van der Waals surface area contributed by atoms with Gasteiger partial charge in [0, 0.05) is 36.5 Å². The van der Waals surface area contributed by atoms with Gasteiger partial charge in [-0.15, -0.1) is 0 Å². The number of carbonyl (C=O) groups excluding carboxylic acids is 1. The molecule has 1 aromatic carbocycles. The molecule has 26 heavy (non-hydrogen) atoms. The lowest BCUT2D eigenvalue weighted by atomic mass is 9.82. The molecule has 1 aromatic heterocycles. The van der Waals surface area contributed by atoms with Crippen LogP contribution in [0.1, 0.15) is 42.1 Å². The Hall–Kier alpha value is -1.99. The molecular weight excluding hydrogens is 342 g/mol. The maximum atomic E-state index is 13.3. The second-order valence-corrected chi connectivity index (χ2v) is 7.42. The number of rotatable bonds is 4. The van der Waals surface area contributed by atoms with Crippen LogP contribution in [0.15, 0.2) is 30.5 Å². The lowest BCUT2D eigenvalue weighted by Crippen LogP contribution is -2.47. The molecule has 0 atom stereocenters. The summed E-state index contributed by atoms with van der Waals surface area (Å²) in [6.07, 6.45) is 1.09. The van der Waals surface area contributed by atoms with Gasteiger partial charge in [0.1, 0.15) is 0 Å². The first kappa shape index (κ1) is 17.4. The third-order valence-corrected chi connectivity index (χ3v) is 5.49. The Kier molecular flexibility index (Phi) is 4.23. The van der Waals surface area contributed by atoms with Crippen molar-refractivity contribution in [2.45, 2.75) is 43.2 Å². The number of alkyl halides is 2. The van der Waals surface area contributed by atoms with Crippen molar-refractivity contribution in [3.05, 3.63) is 36.0 Å². The number of amides is 1. The first-order valence-electron chi connectivity index (χ1n) is 8.93. The zero-order chi connectivity index (χ0) is 18.4. The summed E-state index contributed by atoms with van der Waals surface area (Å²) in [7, 11) is 0. The average molecular weight is 364 g/mol. The first-order valence-corrected chi connectivity index (χ1v) is 8.93. The van der Waals surface area contributed by atoms with Gasteiger partial charge >= 0.3 is 0 Å². The number of hydrogen-bond acceptors (Lipinski definition) is 3. The van der Waals surface area contributed by atoms with Gasteiger partial charge in [-0.3, -0.25) is 4.79 Å². The lowest BCUT2D eigenvalue weighted by molar-refractivity contribution is -0.101. The van der Waals surface area contributed by atoms with Crippen molar-refractivity contribution >= 4 is 16.8 Å². The van der Waals surface area contributed by atoms with E-state index in [1.54, 1.807) is 0 Å². The van der Waals surface area contributed by atoms with Crippen molar-refractivity contribution in [1.82, 2.24) is 9.88 Å². The predicted molar refractivity (Wildman–Crippen MR) is 92.5 cm³/mol. The van der Waals surface area contributed by atoms with Crippen LogP contribution in [0, 0.1) is 0 Å². The molecule has 5 nitrogen and oxygen atoms in total. The van der Waals surface area contributed by atoms with Gasteiger partial charge < -0.3 is 19.7 Å². The molecule has 1 saturated heterocycles. The van der Waals surface area contributed by atoms with Gasteiger partial charge in [0.25, 0.3) is 5.91 Å². The number of aliphatic hydroxyl groups is 1. The number of benzene rings is 1. The third kappa shape index (κ3) is 3.21. The summed E-state index contributed by atoms with van der Waals surface area (Å²) in [6, 6.07) is 7.85. The lowest BCUT2D eigenvalue weighted by Gasteiger charge is -2.35. The molecule has 2 aliphatic rings. The summed E-state index contributed by atoms with van der Waals surface area (Å²) in [6.45, 7) is 1.22. The van der Waals surface area contributed by atoms with Crippen LogP contribution < -0.4 is 5.32 Å². The van der Waals surface area contributed by atoms with Crippen LogP contribution in [0.2, 0.25) is 0 Å². The Balaban J connectivity index is 1.50. The molecule has 0 unspecified atom stereocenters. The normalized spacial score (nSPS) is 22.1.